The molecule has 6 heteroatoms. The van der Waals surface area contributed by atoms with Gasteiger partial charge in [0.25, 0.3) is 5.91 Å². The first kappa shape index (κ1) is 15.9. The minimum Gasteiger partial charge on any atom is -0.409 e. The lowest BCUT2D eigenvalue weighted by Gasteiger charge is -2.13. The summed E-state index contributed by atoms with van der Waals surface area (Å²) in [5.41, 5.74) is 6.22. The zero-order chi connectivity index (χ0) is 15.0. The summed E-state index contributed by atoms with van der Waals surface area (Å²) >= 11 is 0. The van der Waals surface area contributed by atoms with Crippen molar-refractivity contribution in [3.8, 4) is 0 Å². The maximum atomic E-state index is 12.0. The van der Waals surface area contributed by atoms with Gasteiger partial charge in [0.2, 0.25) is 0 Å². The summed E-state index contributed by atoms with van der Waals surface area (Å²) in [4.78, 5) is 16.0. The highest BCUT2D eigenvalue weighted by Gasteiger charge is 2.11. The normalized spacial score (nSPS) is 13.0. The van der Waals surface area contributed by atoms with Crippen molar-refractivity contribution < 1.29 is 10.0 Å². The van der Waals surface area contributed by atoms with E-state index in [0.29, 0.717) is 11.3 Å². The van der Waals surface area contributed by atoms with Crippen LogP contribution in [0.2, 0.25) is 0 Å². The van der Waals surface area contributed by atoms with Gasteiger partial charge in [-0.3, -0.25) is 9.78 Å². The van der Waals surface area contributed by atoms with Crippen LogP contribution in [0.4, 0.5) is 0 Å². The Morgan fingerprint density at radius 3 is 2.80 bits per heavy atom. The van der Waals surface area contributed by atoms with Crippen molar-refractivity contribution in [1.82, 2.24) is 10.3 Å². The number of hydrogen-bond donors (Lipinski definition) is 3. The minimum atomic E-state index is -0.208. The molecule has 110 valence electrons. The molecule has 1 heterocycles. The lowest BCUT2D eigenvalue weighted by Crippen LogP contribution is -2.33. The topological polar surface area (TPSA) is 101 Å². The van der Waals surface area contributed by atoms with Gasteiger partial charge >= 0.3 is 0 Å². The van der Waals surface area contributed by atoms with Crippen molar-refractivity contribution in [3.63, 3.8) is 0 Å². The van der Waals surface area contributed by atoms with Gasteiger partial charge in [-0.25, -0.2) is 0 Å². The molecule has 6 nitrogen and oxygen atoms in total. The predicted octanol–water partition coefficient (Wildman–Crippen LogP) is 1.87. The average Bonchev–Trinajstić information content (AvgIpc) is 2.46. The van der Waals surface area contributed by atoms with Gasteiger partial charge in [0.15, 0.2) is 5.84 Å². The van der Waals surface area contributed by atoms with Gasteiger partial charge in [0.1, 0.15) is 5.69 Å². The number of carbonyl (C=O) groups is 1. The van der Waals surface area contributed by atoms with E-state index in [0.717, 1.165) is 19.3 Å². The van der Waals surface area contributed by atoms with Crippen molar-refractivity contribution in [2.45, 2.75) is 45.6 Å². The molecule has 1 aromatic rings. The molecule has 0 aromatic carbocycles. The molecule has 0 aliphatic heterocycles. The lowest BCUT2D eigenvalue weighted by molar-refractivity contribution is 0.0933. The zero-order valence-corrected chi connectivity index (χ0v) is 12.0. The predicted molar refractivity (Wildman–Crippen MR) is 77.8 cm³/mol. The molecule has 0 spiro atoms. The molecule has 0 fully saturated rings. The first-order valence-corrected chi connectivity index (χ1v) is 6.83. The third-order valence-electron chi connectivity index (χ3n) is 3.02. The molecular formula is C14H22N4O2. The van der Waals surface area contributed by atoms with Crippen molar-refractivity contribution in [3.05, 3.63) is 29.6 Å². The molecule has 4 N–H and O–H groups in total. The van der Waals surface area contributed by atoms with Crippen LogP contribution in [0, 0.1) is 0 Å². The van der Waals surface area contributed by atoms with Crippen LogP contribution in [0.15, 0.2) is 23.5 Å². The Balaban J connectivity index is 2.55. The molecule has 0 saturated carbocycles. The van der Waals surface area contributed by atoms with Crippen LogP contribution in [0.25, 0.3) is 0 Å². The summed E-state index contributed by atoms with van der Waals surface area (Å²) in [6.07, 6.45) is 5.81. The number of amidine groups is 1. The summed E-state index contributed by atoms with van der Waals surface area (Å²) in [5, 5.41) is 14.3. The van der Waals surface area contributed by atoms with E-state index in [1.807, 2.05) is 6.92 Å². The fraction of sp³-hybridized carbons (Fsp3) is 0.500. The summed E-state index contributed by atoms with van der Waals surface area (Å²) in [5.74, 6) is -0.238. The Hall–Kier alpha value is -2.11. The SMILES string of the molecule is CCCCCC(C)NC(=O)c1ccc(C(N)=NO)cn1. The molecule has 0 bridgehead atoms. The van der Waals surface area contributed by atoms with E-state index in [9.17, 15) is 4.79 Å². The maximum Gasteiger partial charge on any atom is 0.270 e. The quantitative estimate of drug-likeness (QED) is 0.233. The summed E-state index contributed by atoms with van der Waals surface area (Å²) in [7, 11) is 0. The molecule has 0 aliphatic carbocycles. The van der Waals surface area contributed by atoms with Gasteiger partial charge in [0, 0.05) is 17.8 Å². The van der Waals surface area contributed by atoms with Crippen molar-refractivity contribution in [2.24, 2.45) is 10.9 Å². The summed E-state index contributed by atoms with van der Waals surface area (Å²) in [6, 6.07) is 3.28. The Kier molecular flexibility index (Phi) is 6.49. The van der Waals surface area contributed by atoms with Gasteiger partial charge in [-0.15, -0.1) is 0 Å². The van der Waals surface area contributed by atoms with Gasteiger partial charge in [0.05, 0.1) is 0 Å². The van der Waals surface area contributed by atoms with Crippen LogP contribution in [-0.4, -0.2) is 28.0 Å². The summed E-state index contributed by atoms with van der Waals surface area (Å²) in [6.45, 7) is 4.13. The highest BCUT2D eigenvalue weighted by Crippen LogP contribution is 2.05. The first-order chi connectivity index (χ1) is 9.58. The number of unbranched alkanes of at least 4 members (excludes halogenated alkanes) is 2. The molecular weight excluding hydrogens is 256 g/mol. The van der Waals surface area contributed by atoms with Crippen LogP contribution < -0.4 is 11.1 Å². The number of rotatable bonds is 7. The molecule has 0 aliphatic rings. The number of aromatic nitrogens is 1. The van der Waals surface area contributed by atoms with Gasteiger partial charge < -0.3 is 16.3 Å². The highest BCUT2D eigenvalue weighted by atomic mass is 16.4. The fourth-order valence-electron chi connectivity index (χ4n) is 1.81. The van der Waals surface area contributed by atoms with Crippen molar-refractivity contribution >= 4 is 11.7 Å². The number of amides is 1. The Morgan fingerprint density at radius 2 is 2.25 bits per heavy atom. The molecule has 20 heavy (non-hydrogen) atoms. The highest BCUT2D eigenvalue weighted by molar-refractivity contribution is 5.98. The molecule has 1 rings (SSSR count). The van der Waals surface area contributed by atoms with Crippen molar-refractivity contribution in [1.29, 1.82) is 0 Å². The van der Waals surface area contributed by atoms with Crippen LogP contribution in [0.1, 0.15) is 55.6 Å². The number of oxime groups is 1. The van der Waals surface area contributed by atoms with Crippen LogP contribution in [0.3, 0.4) is 0 Å². The third-order valence-corrected chi connectivity index (χ3v) is 3.02. The van der Waals surface area contributed by atoms with Crippen LogP contribution >= 0.6 is 0 Å². The molecule has 1 aromatic heterocycles. The van der Waals surface area contributed by atoms with E-state index in [2.05, 4.69) is 22.4 Å². The average molecular weight is 278 g/mol. The fourth-order valence-corrected chi connectivity index (χ4v) is 1.81. The Labute approximate surface area is 119 Å². The monoisotopic (exact) mass is 278 g/mol. The standard InChI is InChI=1S/C14H22N4O2/c1-3-4-5-6-10(2)17-14(19)12-8-7-11(9-16-12)13(15)18-20/h7-10,20H,3-6H2,1-2H3,(H2,15,18)(H,17,19). The van der Waals surface area contributed by atoms with Gasteiger partial charge in [-0.1, -0.05) is 31.3 Å². The number of nitrogens with one attached hydrogen (secondary N) is 1. The number of hydrogen-bond acceptors (Lipinski definition) is 4. The van der Waals surface area contributed by atoms with E-state index in [-0.39, 0.29) is 17.8 Å². The second-order valence-electron chi connectivity index (χ2n) is 4.79. The van der Waals surface area contributed by atoms with E-state index < -0.39 is 0 Å². The molecule has 0 saturated heterocycles. The number of carbonyl (C=O) groups excluding carboxylic acids is 1. The zero-order valence-electron chi connectivity index (χ0n) is 12.0. The van der Waals surface area contributed by atoms with Crippen LogP contribution in [0.5, 0.6) is 0 Å². The Bertz CT molecular complexity index is 457. The minimum absolute atomic E-state index is 0.0302. The van der Waals surface area contributed by atoms with Crippen molar-refractivity contribution in [2.75, 3.05) is 0 Å². The Morgan fingerprint density at radius 1 is 1.50 bits per heavy atom. The number of nitrogens with zero attached hydrogens (tertiary/aromatic N) is 2. The van der Waals surface area contributed by atoms with Gasteiger partial charge in [-0.05, 0) is 25.5 Å². The molecule has 1 amide bonds. The van der Waals surface area contributed by atoms with Crippen LogP contribution in [-0.2, 0) is 0 Å². The third kappa shape index (κ3) is 4.87. The number of nitrogens with two attached hydrogens (primary N) is 1. The van der Waals surface area contributed by atoms with Gasteiger partial charge in [-0.2, -0.15) is 0 Å². The summed E-state index contributed by atoms with van der Waals surface area (Å²) < 4.78 is 0. The second kappa shape index (κ2) is 8.14. The first-order valence-electron chi connectivity index (χ1n) is 6.83. The second-order valence-corrected chi connectivity index (χ2v) is 4.79. The molecule has 0 radical (unpaired) electrons. The number of pyridine rings is 1. The lowest BCUT2D eigenvalue weighted by atomic mass is 10.1. The largest absolute Gasteiger partial charge is 0.409 e. The van der Waals surface area contributed by atoms with E-state index in [1.54, 1.807) is 12.1 Å². The van der Waals surface area contributed by atoms with E-state index in [1.165, 1.54) is 12.6 Å². The molecule has 1 atom stereocenters. The van der Waals surface area contributed by atoms with E-state index >= 15 is 0 Å². The molecule has 1 unspecified atom stereocenters. The smallest absolute Gasteiger partial charge is 0.270 e. The maximum absolute atomic E-state index is 12.0. The van der Waals surface area contributed by atoms with E-state index in [4.69, 9.17) is 10.9 Å².